The van der Waals surface area contributed by atoms with Crippen LogP contribution in [-0.2, 0) is 13.1 Å². The molecule has 0 bridgehead atoms. The standard InChI is InChI=1S/C17H26N2O/c1-4-6-11-19(5-2)13-15-14-9-7-8-10-16(14)20-17(15)12-18-3/h7-10,18H,4-6,11-13H2,1-3H3. The van der Waals surface area contributed by atoms with Crippen molar-refractivity contribution in [1.82, 2.24) is 10.2 Å². The van der Waals surface area contributed by atoms with E-state index in [1.807, 2.05) is 13.1 Å². The minimum Gasteiger partial charge on any atom is -0.459 e. The van der Waals surface area contributed by atoms with Crippen LogP contribution in [0, 0.1) is 0 Å². The van der Waals surface area contributed by atoms with E-state index in [2.05, 4.69) is 42.3 Å². The molecule has 20 heavy (non-hydrogen) atoms. The van der Waals surface area contributed by atoms with E-state index >= 15 is 0 Å². The lowest BCUT2D eigenvalue weighted by molar-refractivity contribution is 0.273. The van der Waals surface area contributed by atoms with Crippen molar-refractivity contribution in [3.05, 3.63) is 35.6 Å². The first-order chi connectivity index (χ1) is 9.80. The van der Waals surface area contributed by atoms with Crippen LogP contribution >= 0.6 is 0 Å². The molecule has 2 rings (SSSR count). The predicted octanol–water partition coefficient (Wildman–Crippen LogP) is 3.77. The lowest BCUT2D eigenvalue weighted by atomic mass is 10.1. The molecule has 1 aromatic carbocycles. The van der Waals surface area contributed by atoms with Crippen molar-refractivity contribution in [3.63, 3.8) is 0 Å². The maximum atomic E-state index is 6.00. The van der Waals surface area contributed by atoms with Crippen molar-refractivity contribution in [1.29, 1.82) is 0 Å². The Hall–Kier alpha value is -1.32. The molecule has 1 N–H and O–H groups in total. The summed E-state index contributed by atoms with van der Waals surface area (Å²) in [6.07, 6.45) is 2.50. The van der Waals surface area contributed by atoms with Gasteiger partial charge in [0.05, 0.1) is 6.54 Å². The van der Waals surface area contributed by atoms with Crippen LogP contribution in [0.25, 0.3) is 11.0 Å². The molecule has 110 valence electrons. The monoisotopic (exact) mass is 274 g/mol. The lowest BCUT2D eigenvalue weighted by Gasteiger charge is -2.20. The molecule has 2 aromatic rings. The SMILES string of the molecule is CCCCN(CC)Cc1c(CNC)oc2ccccc12. The van der Waals surface area contributed by atoms with Crippen molar-refractivity contribution in [2.45, 2.75) is 39.8 Å². The zero-order chi connectivity index (χ0) is 14.4. The Bertz CT molecular complexity index is 533. The number of fused-ring (bicyclic) bond motifs is 1. The first kappa shape index (κ1) is 15.1. The number of hydrogen-bond donors (Lipinski definition) is 1. The summed E-state index contributed by atoms with van der Waals surface area (Å²) >= 11 is 0. The van der Waals surface area contributed by atoms with Gasteiger partial charge in [-0.05, 0) is 32.6 Å². The molecule has 0 radical (unpaired) electrons. The summed E-state index contributed by atoms with van der Waals surface area (Å²) < 4.78 is 6.00. The number of benzene rings is 1. The average Bonchev–Trinajstić information content (AvgIpc) is 2.81. The van der Waals surface area contributed by atoms with Crippen molar-refractivity contribution < 1.29 is 4.42 Å². The molecule has 0 aliphatic rings. The molecule has 0 aliphatic carbocycles. The van der Waals surface area contributed by atoms with Gasteiger partial charge in [-0.3, -0.25) is 4.90 Å². The minimum atomic E-state index is 0.787. The quantitative estimate of drug-likeness (QED) is 0.794. The van der Waals surface area contributed by atoms with Crippen LogP contribution in [0.3, 0.4) is 0 Å². The number of hydrogen-bond acceptors (Lipinski definition) is 3. The zero-order valence-electron chi connectivity index (χ0n) is 12.9. The first-order valence-corrected chi connectivity index (χ1v) is 7.66. The van der Waals surface area contributed by atoms with E-state index in [4.69, 9.17) is 4.42 Å². The van der Waals surface area contributed by atoms with Gasteiger partial charge in [0.25, 0.3) is 0 Å². The molecule has 0 spiro atoms. The number of rotatable bonds is 8. The van der Waals surface area contributed by atoms with Crippen molar-refractivity contribution >= 4 is 11.0 Å². The van der Waals surface area contributed by atoms with E-state index < -0.39 is 0 Å². The summed E-state index contributed by atoms with van der Waals surface area (Å²) in [5.41, 5.74) is 2.34. The smallest absolute Gasteiger partial charge is 0.134 e. The van der Waals surface area contributed by atoms with Gasteiger partial charge in [-0.25, -0.2) is 0 Å². The van der Waals surface area contributed by atoms with Crippen molar-refractivity contribution in [2.24, 2.45) is 0 Å². The normalized spacial score (nSPS) is 11.6. The van der Waals surface area contributed by atoms with Crippen LogP contribution in [0.2, 0.25) is 0 Å². The highest BCUT2D eigenvalue weighted by molar-refractivity contribution is 5.82. The molecule has 1 aromatic heterocycles. The molecule has 0 saturated carbocycles. The number of furan rings is 1. The fourth-order valence-corrected chi connectivity index (χ4v) is 2.58. The summed E-state index contributed by atoms with van der Waals surface area (Å²) in [4.78, 5) is 2.50. The predicted molar refractivity (Wildman–Crippen MR) is 84.8 cm³/mol. The molecular formula is C17H26N2O. The van der Waals surface area contributed by atoms with Gasteiger partial charge in [0.15, 0.2) is 0 Å². The van der Waals surface area contributed by atoms with Crippen LogP contribution in [0.4, 0.5) is 0 Å². The molecule has 0 saturated heterocycles. The first-order valence-electron chi connectivity index (χ1n) is 7.66. The highest BCUT2D eigenvalue weighted by Gasteiger charge is 2.15. The molecule has 1 heterocycles. The third-order valence-corrected chi connectivity index (χ3v) is 3.78. The van der Waals surface area contributed by atoms with Gasteiger partial charge < -0.3 is 9.73 Å². The van der Waals surface area contributed by atoms with E-state index in [0.29, 0.717) is 0 Å². The van der Waals surface area contributed by atoms with Crippen molar-refractivity contribution in [3.8, 4) is 0 Å². The largest absolute Gasteiger partial charge is 0.459 e. The number of nitrogens with zero attached hydrogens (tertiary/aromatic N) is 1. The number of unbranched alkanes of at least 4 members (excludes halogenated alkanes) is 1. The van der Waals surface area contributed by atoms with E-state index in [1.165, 1.54) is 23.8 Å². The van der Waals surface area contributed by atoms with Gasteiger partial charge >= 0.3 is 0 Å². The summed E-state index contributed by atoms with van der Waals surface area (Å²) in [6.45, 7) is 8.48. The van der Waals surface area contributed by atoms with E-state index in [-0.39, 0.29) is 0 Å². The molecule has 0 atom stereocenters. The second-order valence-electron chi connectivity index (χ2n) is 5.25. The Balaban J connectivity index is 2.27. The average molecular weight is 274 g/mol. The van der Waals surface area contributed by atoms with Gasteiger partial charge in [0.2, 0.25) is 0 Å². The Morgan fingerprint density at radius 2 is 2.00 bits per heavy atom. The Labute approximate surface area is 122 Å². The van der Waals surface area contributed by atoms with Gasteiger partial charge in [-0.2, -0.15) is 0 Å². The number of para-hydroxylation sites is 1. The highest BCUT2D eigenvalue weighted by atomic mass is 16.3. The van der Waals surface area contributed by atoms with Gasteiger partial charge in [-0.1, -0.05) is 38.5 Å². The molecule has 3 nitrogen and oxygen atoms in total. The van der Waals surface area contributed by atoms with Gasteiger partial charge in [0, 0.05) is 17.5 Å². The molecule has 0 fully saturated rings. The highest BCUT2D eigenvalue weighted by Crippen LogP contribution is 2.27. The Morgan fingerprint density at radius 1 is 1.20 bits per heavy atom. The van der Waals surface area contributed by atoms with Crippen LogP contribution in [-0.4, -0.2) is 25.0 Å². The van der Waals surface area contributed by atoms with Crippen LogP contribution in [0.5, 0.6) is 0 Å². The molecule has 0 aliphatic heterocycles. The Kier molecular flexibility index (Phi) is 5.62. The van der Waals surface area contributed by atoms with Gasteiger partial charge in [-0.15, -0.1) is 0 Å². The summed E-state index contributed by atoms with van der Waals surface area (Å²) in [6, 6.07) is 8.35. The topological polar surface area (TPSA) is 28.4 Å². The van der Waals surface area contributed by atoms with Gasteiger partial charge in [0.1, 0.15) is 11.3 Å². The van der Waals surface area contributed by atoms with Crippen LogP contribution in [0.15, 0.2) is 28.7 Å². The molecule has 0 amide bonds. The van der Waals surface area contributed by atoms with Crippen LogP contribution in [0.1, 0.15) is 38.0 Å². The fraction of sp³-hybridized carbons (Fsp3) is 0.529. The lowest BCUT2D eigenvalue weighted by Crippen LogP contribution is -2.24. The van der Waals surface area contributed by atoms with E-state index in [1.54, 1.807) is 0 Å². The van der Waals surface area contributed by atoms with Crippen LogP contribution < -0.4 is 5.32 Å². The zero-order valence-corrected chi connectivity index (χ0v) is 12.9. The van der Waals surface area contributed by atoms with E-state index in [9.17, 15) is 0 Å². The second kappa shape index (κ2) is 7.46. The van der Waals surface area contributed by atoms with Crippen molar-refractivity contribution in [2.75, 3.05) is 20.1 Å². The summed E-state index contributed by atoms with van der Waals surface area (Å²) in [7, 11) is 1.96. The second-order valence-corrected chi connectivity index (χ2v) is 5.25. The third kappa shape index (κ3) is 3.41. The summed E-state index contributed by atoms with van der Waals surface area (Å²) in [5.74, 6) is 1.07. The minimum absolute atomic E-state index is 0.787. The van der Waals surface area contributed by atoms with E-state index in [0.717, 1.165) is 37.5 Å². The summed E-state index contributed by atoms with van der Waals surface area (Å²) in [5, 5.41) is 4.46. The fourth-order valence-electron chi connectivity index (χ4n) is 2.58. The maximum absolute atomic E-state index is 6.00. The maximum Gasteiger partial charge on any atom is 0.134 e. The molecule has 3 heteroatoms. The molecule has 0 unspecified atom stereocenters. The molecular weight excluding hydrogens is 248 g/mol. The number of nitrogens with one attached hydrogen (secondary N) is 1. The third-order valence-electron chi connectivity index (χ3n) is 3.78. The Morgan fingerprint density at radius 3 is 2.70 bits per heavy atom.